The second-order valence-corrected chi connectivity index (χ2v) is 5.63. The Labute approximate surface area is 139 Å². The Balaban J connectivity index is 1.58. The van der Waals surface area contributed by atoms with Crippen LogP contribution in [0.4, 0.5) is 10.2 Å². The number of halogens is 1. The molecule has 122 valence electrons. The number of anilines is 1. The van der Waals surface area contributed by atoms with Crippen molar-refractivity contribution in [3.63, 3.8) is 0 Å². The van der Waals surface area contributed by atoms with Gasteiger partial charge in [0.25, 0.3) is 0 Å². The van der Waals surface area contributed by atoms with Crippen LogP contribution in [-0.2, 0) is 10.2 Å². The van der Waals surface area contributed by atoms with E-state index in [2.05, 4.69) is 15.6 Å². The first-order valence-electron chi connectivity index (χ1n) is 7.61. The molecule has 1 heterocycles. The van der Waals surface area contributed by atoms with Gasteiger partial charge in [0.1, 0.15) is 5.84 Å². The molecule has 2 aromatic rings. The fourth-order valence-electron chi connectivity index (χ4n) is 2.51. The van der Waals surface area contributed by atoms with Crippen molar-refractivity contribution in [1.82, 2.24) is 10.3 Å². The van der Waals surface area contributed by atoms with Crippen molar-refractivity contribution in [3.05, 3.63) is 72.3 Å². The number of aromatic nitrogens is 1. The summed E-state index contributed by atoms with van der Waals surface area (Å²) in [7, 11) is 0. The molecule has 3 rings (SSSR count). The molecule has 0 radical (unpaired) electrons. The molecule has 1 amide bonds. The number of benzene rings is 1. The molecule has 1 aliphatic rings. The van der Waals surface area contributed by atoms with Crippen molar-refractivity contribution >= 4 is 17.6 Å². The van der Waals surface area contributed by atoms with Crippen LogP contribution in [0.5, 0.6) is 0 Å². The van der Waals surface area contributed by atoms with E-state index in [1.807, 2.05) is 30.3 Å². The molecule has 0 spiro atoms. The number of nitrogens with zero attached hydrogens (tertiary/aromatic N) is 1. The number of nitrogens with one attached hydrogen (secondary N) is 3. The van der Waals surface area contributed by atoms with E-state index in [9.17, 15) is 9.18 Å². The third kappa shape index (κ3) is 3.32. The molecule has 0 unspecified atom stereocenters. The number of pyridine rings is 1. The second kappa shape index (κ2) is 6.62. The van der Waals surface area contributed by atoms with Crippen LogP contribution in [0.2, 0.25) is 0 Å². The third-order valence-corrected chi connectivity index (χ3v) is 3.99. The molecule has 0 atom stereocenters. The van der Waals surface area contributed by atoms with Gasteiger partial charge in [0, 0.05) is 12.4 Å². The number of amidine groups is 1. The first-order chi connectivity index (χ1) is 11.6. The largest absolute Gasteiger partial charge is 0.344 e. The van der Waals surface area contributed by atoms with Gasteiger partial charge in [-0.2, -0.15) is 0 Å². The van der Waals surface area contributed by atoms with E-state index in [-0.39, 0.29) is 17.6 Å². The van der Waals surface area contributed by atoms with Crippen LogP contribution in [0.3, 0.4) is 0 Å². The summed E-state index contributed by atoms with van der Waals surface area (Å²) in [6.45, 7) is 0. The minimum absolute atomic E-state index is 0.0638. The van der Waals surface area contributed by atoms with Gasteiger partial charge in [-0.3, -0.25) is 10.2 Å². The highest BCUT2D eigenvalue weighted by atomic mass is 19.1. The fraction of sp³-hybridized carbons (Fsp3) is 0.167. The predicted molar refractivity (Wildman–Crippen MR) is 90.2 cm³/mol. The number of carbonyl (C=O) groups excluding carboxylic acids is 1. The second-order valence-electron chi connectivity index (χ2n) is 5.63. The Morgan fingerprint density at radius 1 is 1.21 bits per heavy atom. The van der Waals surface area contributed by atoms with E-state index in [1.54, 1.807) is 0 Å². The van der Waals surface area contributed by atoms with Gasteiger partial charge in [0.2, 0.25) is 5.91 Å². The first kappa shape index (κ1) is 15.9. The fourth-order valence-corrected chi connectivity index (χ4v) is 2.51. The SMILES string of the molecule is N=C(/C=C\Nc1ncccc1F)NC(=O)C1(c2ccccc2)CC1. The maximum absolute atomic E-state index is 13.4. The minimum Gasteiger partial charge on any atom is -0.344 e. The number of amides is 1. The molecule has 1 saturated carbocycles. The van der Waals surface area contributed by atoms with Gasteiger partial charge >= 0.3 is 0 Å². The van der Waals surface area contributed by atoms with Crippen molar-refractivity contribution in [1.29, 1.82) is 5.41 Å². The molecular formula is C18H17FN4O. The van der Waals surface area contributed by atoms with E-state index in [0.717, 1.165) is 18.4 Å². The van der Waals surface area contributed by atoms with Crippen molar-refractivity contribution in [3.8, 4) is 0 Å². The van der Waals surface area contributed by atoms with Crippen LogP contribution in [-0.4, -0.2) is 16.7 Å². The molecule has 0 bridgehead atoms. The van der Waals surface area contributed by atoms with Crippen LogP contribution < -0.4 is 10.6 Å². The molecule has 0 saturated heterocycles. The van der Waals surface area contributed by atoms with Crippen molar-refractivity contribution in [2.45, 2.75) is 18.3 Å². The highest BCUT2D eigenvalue weighted by Gasteiger charge is 2.51. The van der Waals surface area contributed by atoms with Gasteiger partial charge in [0.05, 0.1) is 5.41 Å². The molecule has 6 heteroatoms. The predicted octanol–water partition coefficient (Wildman–Crippen LogP) is 2.97. The average molecular weight is 324 g/mol. The van der Waals surface area contributed by atoms with Crippen molar-refractivity contribution in [2.75, 3.05) is 5.32 Å². The van der Waals surface area contributed by atoms with Crippen molar-refractivity contribution < 1.29 is 9.18 Å². The van der Waals surface area contributed by atoms with Gasteiger partial charge in [-0.1, -0.05) is 30.3 Å². The Morgan fingerprint density at radius 3 is 2.62 bits per heavy atom. The lowest BCUT2D eigenvalue weighted by atomic mass is 9.95. The minimum atomic E-state index is -0.526. The average Bonchev–Trinajstić information content (AvgIpc) is 3.39. The quantitative estimate of drug-likeness (QED) is 0.584. The van der Waals surface area contributed by atoms with Gasteiger partial charge in [0.15, 0.2) is 11.6 Å². The van der Waals surface area contributed by atoms with Crippen LogP contribution in [0.1, 0.15) is 18.4 Å². The molecular weight excluding hydrogens is 307 g/mol. The maximum atomic E-state index is 13.4. The summed E-state index contributed by atoms with van der Waals surface area (Å²) < 4.78 is 13.4. The summed E-state index contributed by atoms with van der Waals surface area (Å²) >= 11 is 0. The van der Waals surface area contributed by atoms with Crippen LogP contribution in [0.25, 0.3) is 0 Å². The normalized spacial score (nSPS) is 15.0. The van der Waals surface area contributed by atoms with E-state index in [1.165, 1.54) is 30.6 Å². The van der Waals surface area contributed by atoms with E-state index < -0.39 is 11.2 Å². The summed E-state index contributed by atoms with van der Waals surface area (Å²) in [4.78, 5) is 16.3. The maximum Gasteiger partial charge on any atom is 0.236 e. The highest BCUT2D eigenvalue weighted by molar-refractivity contribution is 6.07. The van der Waals surface area contributed by atoms with Crippen LogP contribution in [0.15, 0.2) is 60.9 Å². The molecule has 5 nitrogen and oxygen atoms in total. The Morgan fingerprint density at radius 2 is 1.96 bits per heavy atom. The van der Waals surface area contributed by atoms with Gasteiger partial charge in [-0.25, -0.2) is 9.37 Å². The highest BCUT2D eigenvalue weighted by Crippen LogP contribution is 2.48. The number of carbonyl (C=O) groups is 1. The van der Waals surface area contributed by atoms with Crippen LogP contribution >= 0.6 is 0 Å². The van der Waals surface area contributed by atoms with E-state index in [0.29, 0.717) is 0 Å². The van der Waals surface area contributed by atoms with E-state index in [4.69, 9.17) is 5.41 Å². The third-order valence-electron chi connectivity index (χ3n) is 3.99. The zero-order valence-electron chi connectivity index (χ0n) is 12.9. The van der Waals surface area contributed by atoms with Crippen molar-refractivity contribution in [2.24, 2.45) is 0 Å². The summed E-state index contributed by atoms with van der Waals surface area (Å²) in [5.74, 6) is -0.673. The number of hydrogen-bond acceptors (Lipinski definition) is 4. The summed E-state index contributed by atoms with van der Waals surface area (Å²) in [6, 6.07) is 12.3. The smallest absolute Gasteiger partial charge is 0.236 e. The molecule has 1 aromatic heterocycles. The zero-order valence-corrected chi connectivity index (χ0v) is 12.9. The standard InChI is InChI=1S/C18H17FN4O/c19-14-7-4-11-21-16(14)22-12-8-15(20)23-17(24)18(9-10-18)13-5-2-1-3-6-13/h1-8,11-12H,9-10H2,(H,21,22)(H2,20,23,24)/b12-8-. The Kier molecular flexibility index (Phi) is 4.37. The number of rotatable bonds is 5. The van der Waals surface area contributed by atoms with Crippen LogP contribution in [0, 0.1) is 11.2 Å². The lowest BCUT2D eigenvalue weighted by Gasteiger charge is -2.15. The Bertz CT molecular complexity index is 785. The van der Waals surface area contributed by atoms with E-state index >= 15 is 0 Å². The monoisotopic (exact) mass is 324 g/mol. The summed E-state index contributed by atoms with van der Waals surface area (Å²) in [5.41, 5.74) is 0.440. The Hall–Kier alpha value is -3.02. The molecule has 0 aliphatic heterocycles. The zero-order chi connectivity index (χ0) is 17.0. The van der Waals surface area contributed by atoms with Gasteiger partial charge in [-0.05, 0) is 36.6 Å². The molecule has 3 N–H and O–H groups in total. The first-order valence-corrected chi connectivity index (χ1v) is 7.61. The topological polar surface area (TPSA) is 77.9 Å². The molecule has 1 aliphatic carbocycles. The molecule has 24 heavy (non-hydrogen) atoms. The summed E-state index contributed by atoms with van der Waals surface area (Å²) in [6.07, 6.45) is 5.74. The molecule has 1 aromatic carbocycles. The lowest BCUT2D eigenvalue weighted by Crippen LogP contribution is -2.37. The lowest BCUT2D eigenvalue weighted by molar-refractivity contribution is -0.122. The van der Waals surface area contributed by atoms with Gasteiger partial charge < -0.3 is 10.6 Å². The molecule has 1 fully saturated rings. The summed E-state index contributed by atoms with van der Waals surface area (Å²) in [5, 5.41) is 13.1. The number of hydrogen-bond donors (Lipinski definition) is 3. The van der Waals surface area contributed by atoms with Gasteiger partial charge in [-0.15, -0.1) is 0 Å².